The highest BCUT2D eigenvalue weighted by Crippen LogP contribution is 2.24. The van der Waals surface area contributed by atoms with Crippen molar-refractivity contribution >= 4 is 28.7 Å². The van der Waals surface area contributed by atoms with Gasteiger partial charge in [0.2, 0.25) is 0 Å². The summed E-state index contributed by atoms with van der Waals surface area (Å²) in [6, 6.07) is 5.55. The van der Waals surface area contributed by atoms with Gasteiger partial charge in [-0.05, 0) is 36.6 Å². The maximum absolute atomic E-state index is 12.8. The Labute approximate surface area is 101 Å². The first-order valence-corrected chi connectivity index (χ1v) is 5.89. The summed E-state index contributed by atoms with van der Waals surface area (Å²) in [5.74, 6) is -0.604. The van der Waals surface area contributed by atoms with Crippen LogP contribution in [0.15, 0.2) is 29.6 Å². The van der Waals surface area contributed by atoms with Gasteiger partial charge in [0.15, 0.2) is 5.78 Å². The maximum atomic E-state index is 12.8. The Morgan fingerprint density at radius 2 is 2.06 bits per heavy atom. The highest BCUT2D eigenvalue weighted by atomic mass is 35.5. The number of halogens is 2. The zero-order valence-corrected chi connectivity index (χ0v) is 10.0. The van der Waals surface area contributed by atoms with Gasteiger partial charge in [-0.3, -0.25) is 4.79 Å². The smallest absolute Gasteiger partial charge is 0.195 e. The Morgan fingerprint density at radius 1 is 1.31 bits per heavy atom. The SMILES string of the molecule is Cc1sccc1C(=O)c1ccc(F)cc1Cl. The lowest BCUT2D eigenvalue weighted by Crippen LogP contribution is -2.02. The van der Waals surface area contributed by atoms with Crippen LogP contribution in [0.5, 0.6) is 0 Å². The van der Waals surface area contributed by atoms with Crippen LogP contribution in [0.1, 0.15) is 20.8 Å². The minimum absolute atomic E-state index is 0.149. The molecule has 16 heavy (non-hydrogen) atoms. The average Bonchev–Trinajstić information content (AvgIpc) is 2.63. The first kappa shape index (κ1) is 11.3. The molecule has 1 heterocycles. The highest BCUT2D eigenvalue weighted by molar-refractivity contribution is 7.10. The van der Waals surface area contributed by atoms with Gasteiger partial charge >= 0.3 is 0 Å². The standard InChI is InChI=1S/C12H8ClFOS/c1-7-9(4-5-16-7)12(15)10-3-2-8(14)6-11(10)13/h2-6H,1H3. The summed E-state index contributed by atoms with van der Waals surface area (Å²) in [4.78, 5) is 13.0. The summed E-state index contributed by atoms with van der Waals surface area (Å²) < 4.78 is 12.8. The van der Waals surface area contributed by atoms with Crippen molar-refractivity contribution in [2.24, 2.45) is 0 Å². The van der Waals surface area contributed by atoms with Crippen molar-refractivity contribution in [3.8, 4) is 0 Å². The molecule has 0 aliphatic heterocycles. The van der Waals surface area contributed by atoms with E-state index in [1.54, 1.807) is 6.07 Å². The molecule has 1 aromatic carbocycles. The number of ketones is 1. The lowest BCUT2D eigenvalue weighted by molar-refractivity contribution is 0.103. The third-order valence-corrected chi connectivity index (χ3v) is 3.44. The summed E-state index contributed by atoms with van der Waals surface area (Å²) in [5.41, 5.74) is 0.961. The number of aryl methyl sites for hydroxylation is 1. The molecule has 0 fully saturated rings. The van der Waals surface area contributed by atoms with Gasteiger partial charge in [-0.1, -0.05) is 11.6 Å². The van der Waals surface area contributed by atoms with Crippen LogP contribution in [-0.4, -0.2) is 5.78 Å². The molecule has 1 aromatic heterocycles. The molecule has 0 saturated carbocycles. The van der Waals surface area contributed by atoms with Gasteiger partial charge in [0.05, 0.1) is 5.02 Å². The minimum Gasteiger partial charge on any atom is -0.289 e. The number of hydrogen-bond donors (Lipinski definition) is 0. The zero-order valence-electron chi connectivity index (χ0n) is 8.46. The first-order valence-electron chi connectivity index (χ1n) is 4.63. The number of carbonyl (C=O) groups is 1. The van der Waals surface area contributed by atoms with Gasteiger partial charge in [-0.15, -0.1) is 11.3 Å². The van der Waals surface area contributed by atoms with E-state index >= 15 is 0 Å². The maximum Gasteiger partial charge on any atom is 0.195 e. The molecule has 0 N–H and O–H groups in total. The molecule has 0 bridgehead atoms. The minimum atomic E-state index is -0.441. The fraction of sp³-hybridized carbons (Fsp3) is 0.0833. The van der Waals surface area contributed by atoms with Crippen molar-refractivity contribution in [2.45, 2.75) is 6.92 Å². The predicted octanol–water partition coefficient (Wildman–Crippen LogP) is 4.08. The van der Waals surface area contributed by atoms with E-state index < -0.39 is 5.82 Å². The highest BCUT2D eigenvalue weighted by Gasteiger charge is 2.15. The van der Waals surface area contributed by atoms with Crippen molar-refractivity contribution in [3.63, 3.8) is 0 Å². The molecule has 4 heteroatoms. The van der Waals surface area contributed by atoms with Gasteiger partial charge in [0, 0.05) is 16.0 Å². The third kappa shape index (κ3) is 2.01. The van der Waals surface area contributed by atoms with Crippen LogP contribution in [0.2, 0.25) is 5.02 Å². The predicted molar refractivity (Wildman–Crippen MR) is 63.9 cm³/mol. The molecule has 2 aromatic rings. The van der Waals surface area contributed by atoms with E-state index in [0.717, 1.165) is 10.9 Å². The van der Waals surface area contributed by atoms with Crippen LogP contribution in [0.25, 0.3) is 0 Å². The van der Waals surface area contributed by atoms with E-state index in [9.17, 15) is 9.18 Å². The number of hydrogen-bond acceptors (Lipinski definition) is 2. The lowest BCUT2D eigenvalue weighted by atomic mass is 10.0. The summed E-state index contributed by atoms with van der Waals surface area (Å²) in [7, 11) is 0. The molecule has 0 aliphatic carbocycles. The Bertz CT molecular complexity index is 548. The molecule has 0 atom stereocenters. The van der Waals surface area contributed by atoms with E-state index in [2.05, 4.69) is 0 Å². The Balaban J connectivity index is 2.46. The van der Waals surface area contributed by atoms with Crippen molar-refractivity contribution in [1.82, 2.24) is 0 Å². The topological polar surface area (TPSA) is 17.1 Å². The van der Waals surface area contributed by atoms with Gasteiger partial charge in [0.25, 0.3) is 0 Å². The molecule has 0 unspecified atom stereocenters. The van der Waals surface area contributed by atoms with Crippen LogP contribution in [0.4, 0.5) is 4.39 Å². The fourth-order valence-corrected chi connectivity index (χ4v) is 2.39. The molecule has 0 aliphatic rings. The van der Waals surface area contributed by atoms with Crippen LogP contribution < -0.4 is 0 Å². The monoisotopic (exact) mass is 254 g/mol. The van der Waals surface area contributed by atoms with Crippen molar-refractivity contribution < 1.29 is 9.18 Å². The summed E-state index contributed by atoms with van der Waals surface area (Å²) in [6.07, 6.45) is 0. The molecule has 0 spiro atoms. The van der Waals surface area contributed by atoms with Crippen LogP contribution >= 0.6 is 22.9 Å². The van der Waals surface area contributed by atoms with E-state index in [0.29, 0.717) is 11.1 Å². The molecule has 0 radical (unpaired) electrons. The third-order valence-electron chi connectivity index (χ3n) is 2.28. The normalized spacial score (nSPS) is 10.4. The molecule has 82 valence electrons. The van der Waals surface area contributed by atoms with E-state index in [-0.39, 0.29) is 10.8 Å². The number of carbonyl (C=O) groups excluding carboxylic acids is 1. The average molecular weight is 255 g/mol. The molecule has 1 nitrogen and oxygen atoms in total. The lowest BCUT2D eigenvalue weighted by Gasteiger charge is -2.02. The summed E-state index contributed by atoms with van der Waals surface area (Å²) in [6.45, 7) is 1.87. The quantitative estimate of drug-likeness (QED) is 0.738. The summed E-state index contributed by atoms with van der Waals surface area (Å²) >= 11 is 7.33. The van der Waals surface area contributed by atoms with E-state index in [4.69, 9.17) is 11.6 Å². The molecule has 2 rings (SSSR count). The number of benzene rings is 1. The zero-order chi connectivity index (χ0) is 11.7. The second-order valence-corrected chi connectivity index (χ2v) is 4.87. The molecular weight excluding hydrogens is 247 g/mol. The second kappa shape index (κ2) is 4.36. The van der Waals surface area contributed by atoms with Crippen LogP contribution in [0.3, 0.4) is 0 Å². The van der Waals surface area contributed by atoms with Crippen molar-refractivity contribution in [2.75, 3.05) is 0 Å². The van der Waals surface area contributed by atoms with Crippen molar-refractivity contribution in [1.29, 1.82) is 0 Å². The molecule has 0 amide bonds. The van der Waals surface area contributed by atoms with Gasteiger partial charge in [-0.2, -0.15) is 0 Å². The first-order chi connectivity index (χ1) is 7.59. The molecular formula is C12H8ClFOS. The Kier molecular flexibility index (Phi) is 3.08. The van der Waals surface area contributed by atoms with E-state index in [1.807, 2.05) is 12.3 Å². The molecule has 0 saturated heterocycles. The largest absolute Gasteiger partial charge is 0.289 e. The second-order valence-electron chi connectivity index (χ2n) is 3.34. The Morgan fingerprint density at radius 3 is 2.62 bits per heavy atom. The van der Waals surface area contributed by atoms with Crippen LogP contribution in [0, 0.1) is 12.7 Å². The van der Waals surface area contributed by atoms with E-state index in [1.165, 1.54) is 23.5 Å². The summed E-state index contributed by atoms with van der Waals surface area (Å²) in [5, 5.41) is 2.00. The van der Waals surface area contributed by atoms with Gasteiger partial charge in [-0.25, -0.2) is 4.39 Å². The number of thiophene rings is 1. The van der Waals surface area contributed by atoms with Gasteiger partial charge in [0.1, 0.15) is 5.82 Å². The number of rotatable bonds is 2. The van der Waals surface area contributed by atoms with Gasteiger partial charge < -0.3 is 0 Å². The van der Waals surface area contributed by atoms with Crippen LogP contribution in [-0.2, 0) is 0 Å². The van der Waals surface area contributed by atoms with Crippen molar-refractivity contribution in [3.05, 3.63) is 56.5 Å². The fourth-order valence-electron chi connectivity index (χ4n) is 1.44. The Hall–Kier alpha value is -1.19.